The van der Waals surface area contributed by atoms with Gasteiger partial charge in [-0.05, 0) is 55.5 Å². The summed E-state index contributed by atoms with van der Waals surface area (Å²) in [6, 6.07) is 18.4. The molecule has 0 fully saturated rings. The van der Waals surface area contributed by atoms with Gasteiger partial charge in [0.05, 0.1) is 20.5 Å². The Morgan fingerprint density at radius 3 is 1.89 bits per heavy atom. The van der Waals surface area contributed by atoms with Gasteiger partial charge in [-0.1, -0.05) is 55.3 Å². The van der Waals surface area contributed by atoms with Crippen LogP contribution in [0.25, 0.3) is 0 Å². The number of hydrogen-bond acceptors (Lipinski definition) is 5. The molecule has 0 saturated carbocycles. The highest BCUT2D eigenvalue weighted by Crippen LogP contribution is 2.30. The van der Waals surface area contributed by atoms with Gasteiger partial charge in [-0.2, -0.15) is 4.31 Å². The van der Waals surface area contributed by atoms with Crippen molar-refractivity contribution in [2.45, 2.75) is 30.6 Å². The van der Waals surface area contributed by atoms with Crippen molar-refractivity contribution in [2.75, 3.05) is 29.3 Å². The molecular formula is C25H28ClN3O5S2. The average Bonchev–Trinajstić information content (AvgIpc) is 2.84. The molecule has 0 unspecified atom stereocenters. The number of sulfonamides is 2. The first-order chi connectivity index (χ1) is 17.0. The van der Waals surface area contributed by atoms with E-state index in [1.54, 1.807) is 44.2 Å². The van der Waals surface area contributed by atoms with E-state index < -0.39 is 32.5 Å². The minimum absolute atomic E-state index is 0.0202. The summed E-state index contributed by atoms with van der Waals surface area (Å²) in [6.07, 6.45) is 0. The SMILES string of the molecule is CCN(CC)S(=O)(=O)c1ccc(NC(=O)CN(c2ccccc2Cl)S(=O)(=O)c2ccc(C)cc2)cc1. The zero-order chi connectivity index (χ0) is 26.5. The van der Waals surface area contributed by atoms with Gasteiger partial charge in [-0.15, -0.1) is 0 Å². The number of nitrogens with one attached hydrogen (secondary N) is 1. The molecule has 0 bridgehead atoms. The van der Waals surface area contributed by atoms with Crippen molar-refractivity contribution in [3.05, 3.63) is 83.4 Å². The van der Waals surface area contributed by atoms with Gasteiger partial charge in [0.1, 0.15) is 6.54 Å². The first kappa shape index (κ1) is 27.7. The van der Waals surface area contributed by atoms with E-state index in [9.17, 15) is 21.6 Å². The van der Waals surface area contributed by atoms with Crippen molar-refractivity contribution in [1.29, 1.82) is 0 Å². The average molecular weight is 550 g/mol. The molecule has 3 rings (SSSR count). The zero-order valence-electron chi connectivity index (χ0n) is 20.2. The van der Waals surface area contributed by atoms with Gasteiger partial charge in [-0.25, -0.2) is 16.8 Å². The van der Waals surface area contributed by atoms with Gasteiger partial charge in [0.2, 0.25) is 15.9 Å². The third kappa shape index (κ3) is 6.07. The summed E-state index contributed by atoms with van der Waals surface area (Å²) in [5, 5.41) is 2.81. The van der Waals surface area contributed by atoms with Gasteiger partial charge in [0, 0.05) is 18.8 Å². The molecular weight excluding hydrogens is 522 g/mol. The van der Waals surface area contributed by atoms with Crippen LogP contribution < -0.4 is 9.62 Å². The van der Waals surface area contributed by atoms with Crippen LogP contribution in [0.1, 0.15) is 19.4 Å². The highest BCUT2D eigenvalue weighted by molar-refractivity contribution is 7.93. The Morgan fingerprint density at radius 2 is 1.33 bits per heavy atom. The number of aryl methyl sites for hydroxylation is 1. The lowest BCUT2D eigenvalue weighted by molar-refractivity contribution is -0.114. The number of para-hydroxylation sites is 1. The number of rotatable bonds is 10. The first-order valence-corrected chi connectivity index (χ1v) is 14.5. The Bertz CT molecular complexity index is 1420. The number of carbonyl (C=O) groups excluding carboxylic acids is 1. The lowest BCUT2D eigenvalue weighted by Gasteiger charge is -2.25. The Kier molecular flexibility index (Phi) is 8.78. The number of carbonyl (C=O) groups is 1. The number of nitrogens with zero attached hydrogens (tertiary/aromatic N) is 2. The molecule has 0 heterocycles. The van der Waals surface area contributed by atoms with Gasteiger partial charge in [-0.3, -0.25) is 9.10 Å². The second kappa shape index (κ2) is 11.4. The van der Waals surface area contributed by atoms with Crippen molar-refractivity contribution in [1.82, 2.24) is 4.31 Å². The van der Waals surface area contributed by atoms with Crippen LogP contribution in [0.2, 0.25) is 5.02 Å². The van der Waals surface area contributed by atoms with Gasteiger partial charge < -0.3 is 5.32 Å². The molecule has 3 aromatic carbocycles. The molecule has 0 saturated heterocycles. The van der Waals surface area contributed by atoms with Crippen molar-refractivity contribution >= 4 is 48.9 Å². The monoisotopic (exact) mass is 549 g/mol. The summed E-state index contributed by atoms with van der Waals surface area (Å²) in [7, 11) is -7.76. The van der Waals surface area contributed by atoms with Crippen molar-refractivity contribution in [3.8, 4) is 0 Å². The standard InChI is InChI=1S/C25H28ClN3O5S2/c1-4-28(5-2)35(31,32)21-16-12-20(13-17-21)27-25(30)18-29(24-9-7-6-8-23(24)26)36(33,34)22-14-10-19(3)11-15-22/h6-17H,4-5,18H2,1-3H3,(H,27,30). The summed E-state index contributed by atoms with van der Waals surface area (Å²) in [5.41, 5.74) is 1.38. The zero-order valence-corrected chi connectivity index (χ0v) is 22.6. The number of benzene rings is 3. The van der Waals surface area contributed by atoms with E-state index in [-0.39, 0.29) is 20.5 Å². The van der Waals surface area contributed by atoms with Crippen LogP contribution in [-0.4, -0.2) is 46.7 Å². The summed E-state index contributed by atoms with van der Waals surface area (Å²) < 4.78 is 54.6. The molecule has 1 N–H and O–H groups in total. The Labute approximate surface area is 217 Å². The predicted molar refractivity (Wildman–Crippen MR) is 142 cm³/mol. The highest BCUT2D eigenvalue weighted by Gasteiger charge is 2.29. The summed E-state index contributed by atoms with van der Waals surface area (Å²) >= 11 is 6.29. The highest BCUT2D eigenvalue weighted by atomic mass is 35.5. The fraction of sp³-hybridized carbons (Fsp3) is 0.240. The predicted octanol–water partition coefficient (Wildman–Crippen LogP) is 4.51. The molecule has 1 amide bonds. The minimum atomic E-state index is -4.12. The fourth-order valence-corrected chi connectivity index (χ4v) is 6.73. The molecule has 0 aromatic heterocycles. The van der Waals surface area contributed by atoms with E-state index in [1.165, 1.54) is 46.8 Å². The van der Waals surface area contributed by atoms with E-state index in [0.29, 0.717) is 18.8 Å². The molecule has 0 radical (unpaired) electrons. The van der Waals surface area contributed by atoms with E-state index in [0.717, 1.165) is 9.87 Å². The van der Waals surface area contributed by atoms with E-state index in [1.807, 2.05) is 6.92 Å². The second-order valence-electron chi connectivity index (χ2n) is 7.94. The van der Waals surface area contributed by atoms with Crippen molar-refractivity contribution < 1.29 is 21.6 Å². The maximum absolute atomic E-state index is 13.5. The third-order valence-corrected chi connectivity index (χ3v) is 9.66. The molecule has 8 nitrogen and oxygen atoms in total. The summed E-state index contributed by atoms with van der Waals surface area (Å²) in [6.45, 7) is 5.49. The second-order valence-corrected chi connectivity index (χ2v) is 12.1. The maximum atomic E-state index is 13.5. The fourth-order valence-electron chi connectivity index (χ4n) is 3.54. The molecule has 0 aliphatic rings. The topological polar surface area (TPSA) is 104 Å². The number of hydrogen-bond donors (Lipinski definition) is 1. The van der Waals surface area contributed by atoms with Crippen LogP contribution in [-0.2, 0) is 24.8 Å². The molecule has 0 atom stereocenters. The van der Waals surface area contributed by atoms with Gasteiger partial charge in [0.25, 0.3) is 10.0 Å². The van der Waals surface area contributed by atoms with Crippen LogP contribution in [0.5, 0.6) is 0 Å². The van der Waals surface area contributed by atoms with Crippen LogP contribution in [0.15, 0.2) is 82.6 Å². The van der Waals surface area contributed by atoms with Gasteiger partial charge in [0.15, 0.2) is 0 Å². The normalized spacial score (nSPS) is 11.9. The molecule has 3 aromatic rings. The minimum Gasteiger partial charge on any atom is -0.325 e. The van der Waals surface area contributed by atoms with E-state index in [2.05, 4.69) is 5.32 Å². The van der Waals surface area contributed by atoms with Crippen LogP contribution >= 0.6 is 11.6 Å². The van der Waals surface area contributed by atoms with Crippen LogP contribution in [0.3, 0.4) is 0 Å². The van der Waals surface area contributed by atoms with Crippen LogP contribution in [0.4, 0.5) is 11.4 Å². The summed E-state index contributed by atoms with van der Waals surface area (Å²) in [4.78, 5) is 13.1. The number of halogens is 1. The molecule has 0 spiro atoms. The quantitative estimate of drug-likeness (QED) is 0.400. The smallest absolute Gasteiger partial charge is 0.264 e. The molecule has 0 aliphatic carbocycles. The molecule has 11 heteroatoms. The largest absolute Gasteiger partial charge is 0.325 e. The van der Waals surface area contributed by atoms with Crippen LogP contribution in [0, 0.1) is 6.92 Å². The Hall–Kier alpha value is -2.92. The Balaban J connectivity index is 1.87. The number of amides is 1. The first-order valence-electron chi connectivity index (χ1n) is 11.2. The van der Waals surface area contributed by atoms with Crippen molar-refractivity contribution in [2.24, 2.45) is 0 Å². The maximum Gasteiger partial charge on any atom is 0.264 e. The lowest BCUT2D eigenvalue weighted by Crippen LogP contribution is -2.38. The molecule has 36 heavy (non-hydrogen) atoms. The Morgan fingerprint density at radius 1 is 0.806 bits per heavy atom. The van der Waals surface area contributed by atoms with E-state index in [4.69, 9.17) is 11.6 Å². The lowest BCUT2D eigenvalue weighted by atomic mass is 10.2. The van der Waals surface area contributed by atoms with Gasteiger partial charge >= 0.3 is 0 Å². The van der Waals surface area contributed by atoms with E-state index >= 15 is 0 Å². The summed E-state index contributed by atoms with van der Waals surface area (Å²) in [5.74, 6) is -0.620. The third-order valence-electron chi connectivity index (χ3n) is 5.50. The van der Waals surface area contributed by atoms with Crippen molar-refractivity contribution in [3.63, 3.8) is 0 Å². The molecule has 192 valence electrons. The molecule has 0 aliphatic heterocycles. The number of anilines is 2.